The monoisotopic (exact) mass is 330 g/mol. The average Bonchev–Trinajstić information content (AvgIpc) is 2.49. The molecule has 0 aliphatic rings. The fourth-order valence-electron chi connectivity index (χ4n) is 1.80. The van der Waals surface area contributed by atoms with Crippen LogP contribution in [0.4, 0.5) is 13.2 Å². The maximum Gasteiger partial charge on any atom is 0.422 e. The van der Waals surface area contributed by atoms with Gasteiger partial charge in [0.1, 0.15) is 11.4 Å². The van der Waals surface area contributed by atoms with E-state index in [0.29, 0.717) is 23.2 Å². The molecule has 0 bridgehead atoms. The number of carbonyl (C=O) groups is 1. The van der Waals surface area contributed by atoms with E-state index in [1.807, 2.05) is 0 Å². The number of fused-ring (bicyclic) bond motifs is 1. The molecular formula is C14H13F3N2O2S. The van der Waals surface area contributed by atoms with E-state index in [9.17, 15) is 18.0 Å². The molecule has 0 fully saturated rings. The first kappa shape index (κ1) is 16.4. The van der Waals surface area contributed by atoms with E-state index in [1.54, 1.807) is 24.3 Å². The predicted molar refractivity (Wildman–Crippen MR) is 79.5 cm³/mol. The summed E-state index contributed by atoms with van der Waals surface area (Å²) in [6.07, 6.45) is -4.46. The second-order valence-electron chi connectivity index (χ2n) is 4.41. The van der Waals surface area contributed by atoms with Crippen LogP contribution in [0, 0.1) is 0 Å². The summed E-state index contributed by atoms with van der Waals surface area (Å²) in [7, 11) is 0. The summed E-state index contributed by atoms with van der Waals surface area (Å²) in [6.45, 7) is -1.10. The highest BCUT2D eigenvalue weighted by molar-refractivity contribution is 7.80. The van der Waals surface area contributed by atoms with Crippen LogP contribution in [0.5, 0.6) is 5.75 Å². The van der Waals surface area contributed by atoms with Crippen LogP contribution in [0.1, 0.15) is 10.5 Å². The van der Waals surface area contributed by atoms with Gasteiger partial charge in [0, 0.05) is 23.8 Å². The number of ether oxygens (including phenoxy) is 1. The number of benzene rings is 1. The number of nitrogens with one attached hydrogen (secondary N) is 1. The molecule has 22 heavy (non-hydrogen) atoms. The molecule has 2 aromatic rings. The molecular weight excluding hydrogens is 317 g/mol. The highest BCUT2D eigenvalue weighted by Gasteiger charge is 2.29. The smallest absolute Gasteiger partial charge is 0.422 e. The van der Waals surface area contributed by atoms with Crippen molar-refractivity contribution < 1.29 is 22.7 Å². The second-order valence-corrected chi connectivity index (χ2v) is 4.85. The molecule has 4 nitrogen and oxygen atoms in total. The van der Waals surface area contributed by atoms with Gasteiger partial charge in [-0.1, -0.05) is 12.1 Å². The van der Waals surface area contributed by atoms with Crippen LogP contribution in [-0.2, 0) is 0 Å². The third-order valence-electron chi connectivity index (χ3n) is 2.70. The van der Waals surface area contributed by atoms with Gasteiger partial charge in [-0.05, 0) is 12.1 Å². The van der Waals surface area contributed by atoms with Gasteiger partial charge in [0.05, 0.1) is 5.52 Å². The van der Waals surface area contributed by atoms with Crippen molar-refractivity contribution in [1.29, 1.82) is 0 Å². The van der Waals surface area contributed by atoms with Crippen LogP contribution in [0.2, 0.25) is 0 Å². The molecule has 0 aliphatic carbocycles. The van der Waals surface area contributed by atoms with Crippen molar-refractivity contribution in [1.82, 2.24) is 10.3 Å². The summed E-state index contributed by atoms with van der Waals surface area (Å²) in [5.74, 6) is -0.0767. The van der Waals surface area contributed by atoms with Crippen LogP contribution in [0.25, 0.3) is 10.9 Å². The van der Waals surface area contributed by atoms with Crippen molar-refractivity contribution in [3.63, 3.8) is 0 Å². The van der Waals surface area contributed by atoms with E-state index >= 15 is 0 Å². The number of hydrogen-bond acceptors (Lipinski definition) is 4. The molecule has 0 unspecified atom stereocenters. The van der Waals surface area contributed by atoms with E-state index in [0.717, 1.165) is 0 Å². The number of aromatic nitrogens is 1. The van der Waals surface area contributed by atoms with Crippen molar-refractivity contribution in [3.8, 4) is 5.75 Å². The summed E-state index contributed by atoms with van der Waals surface area (Å²) >= 11 is 3.97. The van der Waals surface area contributed by atoms with E-state index in [1.165, 1.54) is 6.07 Å². The Morgan fingerprint density at radius 3 is 2.73 bits per heavy atom. The predicted octanol–water partition coefficient (Wildman–Crippen LogP) is 2.84. The quantitative estimate of drug-likeness (QED) is 0.829. The standard InChI is InChI=1S/C14H13F3N2O2S/c15-14(16,17)8-21-12-7-11(13(20)18-5-6-22)19-10-4-2-1-3-9(10)12/h1-4,7,22H,5-6,8H2,(H,18,20). The molecule has 0 radical (unpaired) electrons. The van der Waals surface area contributed by atoms with Gasteiger partial charge in [-0.25, -0.2) is 4.98 Å². The van der Waals surface area contributed by atoms with Gasteiger partial charge in [-0.15, -0.1) is 0 Å². The Morgan fingerprint density at radius 2 is 2.05 bits per heavy atom. The third kappa shape index (κ3) is 4.27. The number of pyridine rings is 1. The minimum absolute atomic E-state index is 0.00217. The number of para-hydroxylation sites is 1. The minimum Gasteiger partial charge on any atom is -0.483 e. The van der Waals surface area contributed by atoms with E-state index < -0.39 is 18.7 Å². The number of halogens is 3. The summed E-state index contributed by atoms with van der Waals surface area (Å²) in [6, 6.07) is 7.74. The summed E-state index contributed by atoms with van der Waals surface area (Å²) in [5, 5.41) is 2.97. The minimum atomic E-state index is -4.46. The number of alkyl halides is 3. The fraction of sp³-hybridized carbons (Fsp3) is 0.286. The van der Waals surface area contributed by atoms with E-state index in [4.69, 9.17) is 4.74 Å². The Labute approximate surface area is 130 Å². The molecule has 1 N–H and O–H groups in total. The van der Waals surface area contributed by atoms with Crippen LogP contribution in [0.15, 0.2) is 30.3 Å². The maximum absolute atomic E-state index is 12.3. The topological polar surface area (TPSA) is 51.2 Å². The largest absolute Gasteiger partial charge is 0.483 e. The molecule has 8 heteroatoms. The normalized spacial score (nSPS) is 11.5. The summed E-state index contributed by atoms with van der Waals surface area (Å²) in [5.41, 5.74) is 0.385. The van der Waals surface area contributed by atoms with Crippen LogP contribution in [0.3, 0.4) is 0 Å². The van der Waals surface area contributed by atoms with Gasteiger partial charge in [-0.3, -0.25) is 4.79 Å². The fourth-order valence-corrected chi connectivity index (χ4v) is 1.91. The first-order valence-corrected chi connectivity index (χ1v) is 7.02. The Balaban J connectivity index is 2.37. The van der Waals surface area contributed by atoms with Gasteiger partial charge in [-0.2, -0.15) is 25.8 Å². The van der Waals surface area contributed by atoms with Gasteiger partial charge < -0.3 is 10.1 Å². The van der Waals surface area contributed by atoms with Gasteiger partial charge in [0.25, 0.3) is 5.91 Å². The zero-order valence-corrected chi connectivity index (χ0v) is 12.2. The van der Waals surface area contributed by atoms with Crippen molar-refractivity contribution in [3.05, 3.63) is 36.0 Å². The average molecular weight is 330 g/mol. The summed E-state index contributed by atoms with van der Waals surface area (Å²) < 4.78 is 41.8. The second kappa shape index (κ2) is 6.87. The first-order chi connectivity index (χ1) is 10.4. The van der Waals surface area contributed by atoms with Crippen LogP contribution in [-0.4, -0.2) is 36.0 Å². The molecule has 0 saturated heterocycles. The highest BCUT2D eigenvalue weighted by atomic mass is 32.1. The molecule has 1 heterocycles. The van der Waals surface area contributed by atoms with Gasteiger partial charge in [0.2, 0.25) is 0 Å². The van der Waals surface area contributed by atoms with Gasteiger partial charge in [0.15, 0.2) is 6.61 Å². The Morgan fingerprint density at radius 1 is 1.32 bits per heavy atom. The zero-order valence-electron chi connectivity index (χ0n) is 11.4. The lowest BCUT2D eigenvalue weighted by molar-refractivity contribution is -0.153. The van der Waals surface area contributed by atoms with Crippen molar-refractivity contribution in [2.45, 2.75) is 6.18 Å². The molecule has 1 aromatic heterocycles. The number of thiol groups is 1. The van der Waals surface area contributed by atoms with E-state index in [2.05, 4.69) is 22.9 Å². The van der Waals surface area contributed by atoms with Crippen molar-refractivity contribution >= 4 is 29.4 Å². The highest BCUT2D eigenvalue weighted by Crippen LogP contribution is 2.27. The van der Waals surface area contributed by atoms with Crippen molar-refractivity contribution in [2.75, 3.05) is 18.9 Å². The maximum atomic E-state index is 12.3. The number of carbonyl (C=O) groups excluding carboxylic acids is 1. The molecule has 1 amide bonds. The summed E-state index contributed by atoms with van der Waals surface area (Å²) in [4.78, 5) is 16.1. The zero-order chi connectivity index (χ0) is 16.2. The number of rotatable bonds is 5. The first-order valence-electron chi connectivity index (χ1n) is 6.39. The Hall–Kier alpha value is -1.96. The molecule has 0 atom stereocenters. The third-order valence-corrected chi connectivity index (χ3v) is 2.92. The van der Waals surface area contributed by atoms with Gasteiger partial charge >= 0.3 is 6.18 Å². The number of nitrogens with zero attached hydrogens (tertiary/aromatic N) is 1. The molecule has 0 spiro atoms. The Bertz CT molecular complexity index is 677. The lowest BCUT2D eigenvalue weighted by atomic mass is 10.1. The SMILES string of the molecule is O=C(NCCS)c1cc(OCC(F)(F)F)c2ccccc2n1. The number of amides is 1. The molecule has 0 aliphatic heterocycles. The number of hydrogen-bond donors (Lipinski definition) is 2. The molecule has 1 aromatic carbocycles. The Kier molecular flexibility index (Phi) is 5.12. The molecule has 0 saturated carbocycles. The lowest BCUT2D eigenvalue weighted by Crippen LogP contribution is -2.26. The van der Waals surface area contributed by atoms with Crippen molar-refractivity contribution in [2.24, 2.45) is 0 Å². The lowest BCUT2D eigenvalue weighted by Gasteiger charge is -2.12. The van der Waals surface area contributed by atoms with E-state index in [-0.39, 0.29) is 11.4 Å². The molecule has 2 rings (SSSR count). The van der Waals surface area contributed by atoms with Crippen LogP contribution < -0.4 is 10.1 Å². The molecule has 118 valence electrons. The van der Waals surface area contributed by atoms with Crippen LogP contribution >= 0.6 is 12.6 Å².